The van der Waals surface area contributed by atoms with E-state index in [0.29, 0.717) is 10.8 Å². The Kier molecular flexibility index (Phi) is 4.14. The van der Waals surface area contributed by atoms with Gasteiger partial charge in [0, 0.05) is 32.2 Å². The van der Waals surface area contributed by atoms with Crippen LogP contribution in [0.1, 0.15) is 30.3 Å². The predicted octanol–water partition coefficient (Wildman–Crippen LogP) is 1.61. The number of Topliss-reactive ketones (excluding diaryl/α,β-unsaturated/α-hetero) is 1. The second-order valence-electron chi connectivity index (χ2n) is 3.17. The molecule has 0 fully saturated rings. The minimum Gasteiger partial charge on any atom is -0.292 e. The molecule has 0 aliphatic heterocycles. The summed E-state index contributed by atoms with van der Waals surface area (Å²) in [6.07, 6.45) is 0.359. The summed E-state index contributed by atoms with van der Waals surface area (Å²) in [5, 5.41) is 10.5. The Morgan fingerprint density at radius 1 is 1.62 bits per heavy atom. The molecule has 0 saturated heterocycles. The van der Waals surface area contributed by atoms with E-state index in [9.17, 15) is 9.59 Å². The molecule has 0 saturated carbocycles. The van der Waals surface area contributed by atoms with Gasteiger partial charge in [-0.25, -0.2) is 4.98 Å². The van der Waals surface area contributed by atoms with Crippen LogP contribution in [0.2, 0.25) is 0 Å². The van der Waals surface area contributed by atoms with Gasteiger partial charge in [-0.15, -0.1) is 11.3 Å². The average molecular weight is 237 g/mol. The van der Waals surface area contributed by atoms with Crippen molar-refractivity contribution in [1.82, 2.24) is 4.98 Å². The van der Waals surface area contributed by atoms with Crippen LogP contribution in [-0.2, 0) is 4.79 Å². The Morgan fingerprint density at radius 2 is 2.31 bits per heavy atom. The molecule has 5 nitrogen and oxygen atoms in total. The van der Waals surface area contributed by atoms with Gasteiger partial charge in [-0.05, 0) is 0 Å². The summed E-state index contributed by atoms with van der Waals surface area (Å²) >= 11 is 1.24. The van der Waals surface area contributed by atoms with Crippen LogP contribution in [0.4, 0.5) is 5.13 Å². The lowest BCUT2D eigenvalue weighted by molar-refractivity contribution is -0.116. The number of nitrogens with zero attached hydrogens (tertiary/aromatic N) is 3. The molecule has 0 aliphatic carbocycles. The molecule has 1 aromatic rings. The number of nitriles is 1. The number of aromatic nitrogens is 1. The lowest BCUT2D eigenvalue weighted by atomic mass is 10.2. The van der Waals surface area contributed by atoms with Crippen molar-refractivity contribution in [3.63, 3.8) is 0 Å². The van der Waals surface area contributed by atoms with Gasteiger partial charge in [0.2, 0.25) is 5.91 Å². The van der Waals surface area contributed by atoms with Crippen LogP contribution < -0.4 is 4.90 Å². The monoisotopic (exact) mass is 237 g/mol. The van der Waals surface area contributed by atoms with Gasteiger partial charge >= 0.3 is 0 Å². The number of carbonyl (C=O) groups is 2. The first kappa shape index (κ1) is 12.3. The zero-order valence-corrected chi connectivity index (χ0v) is 9.87. The van der Waals surface area contributed by atoms with E-state index in [0.717, 1.165) is 0 Å². The van der Waals surface area contributed by atoms with Gasteiger partial charge in [0.05, 0.1) is 6.07 Å². The molecule has 6 heteroatoms. The summed E-state index contributed by atoms with van der Waals surface area (Å²) in [4.78, 5) is 28.0. The molecule has 1 amide bonds. The topological polar surface area (TPSA) is 74.1 Å². The fourth-order valence-corrected chi connectivity index (χ4v) is 1.82. The van der Waals surface area contributed by atoms with E-state index in [4.69, 9.17) is 5.26 Å². The number of rotatable bonds is 4. The number of anilines is 1. The minimum absolute atomic E-state index is 0.134. The van der Waals surface area contributed by atoms with Crippen LogP contribution in [0.3, 0.4) is 0 Å². The van der Waals surface area contributed by atoms with Crippen molar-refractivity contribution in [2.24, 2.45) is 0 Å². The number of amides is 1. The van der Waals surface area contributed by atoms with E-state index in [-0.39, 0.29) is 24.5 Å². The molecular formula is C10H11N3O2S. The molecular weight excluding hydrogens is 226 g/mol. The zero-order chi connectivity index (χ0) is 12.1. The SMILES string of the molecule is CC(=O)N(C)c1nc(C(=O)CCC#N)cs1. The molecule has 0 unspecified atom stereocenters. The third-order valence-corrected chi connectivity index (χ3v) is 2.92. The lowest BCUT2D eigenvalue weighted by Crippen LogP contribution is -2.22. The van der Waals surface area contributed by atoms with E-state index < -0.39 is 0 Å². The minimum atomic E-state index is -0.166. The molecule has 1 heterocycles. The molecule has 0 spiro atoms. The van der Waals surface area contributed by atoms with Crippen molar-refractivity contribution >= 4 is 28.2 Å². The van der Waals surface area contributed by atoms with Crippen LogP contribution >= 0.6 is 11.3 Å². The zero-order valence-electron chi connectivity index (χ0n) is 9.06. The Morgan fingerprint density at radius 3 is 2.88 bits per heavy atom. The first-order valence-electron chi connectivity index (χ1n) is 4.66. The maximum Gasteiger partial charge on any atom is 0.225 e. The van der Waals surface area contributed by atoms with Gasteiger partial charge in [0.1, 0.15) is 5.69 Å². The van der Waals surface area contributed by atoms with Crippen LogP contribution in [-0.4, -0.2) is 23.7 Å². The van der Waals surface area contributed by atoms with Gasteiger partial charge in [-0.1, -0.05) is 0 Å². The number of carbonyl (C=O) groups excluding carboxylic acids is 2. The highest BCUT2D eigenvalue weighted by atomic mass is 32.1. The summed E-state index contributed by atoms with van der Waals surface area (Å²) in [7, 11) is 1.60. The Balaban J connectivity index is 2.75. The van der Waals surface area contributed by atoms with E-state index in [1.807, 2.05) is 6.07 Å². The molecule has 84 valence electrons. The highest BCUT2D eigenvalue weighted by Crippen LogP contribution is 2.20. The predicted molar refractivity (Wildman–Crippen MR) is 60.4 cm³/mol. The number of thiazole rings is 1. The maximum atomic E-state index is 11.5. The smallest absolute Gasteiger partial charge is 0.225 e. The molecule has 0 N–H and O–H groups in total. The number of hydrogen-bond acceptors (Lipinski definition) is 5. The second-order valence-corrected chi connectivity index (χ2v) is 4.01. The van der Waals surface area contributed by atoms with Crippen molar-refractivity contribution < 1.29 is 9.59 Å². The lowest BCUT2D eigenvalue weighted by Gasteiger charge is -2.09. The first-order chi connectivity index (χ1) is 7.56. The third-order valence-electron chi connectivity index (χ3n) is 2.00. The van der Waals surface area contributed by atoms with Crippen LogP contribution in [0.15, 0.2) is 5.38 Å². The van der Waals surface area contributed by atoms with Gasteiger partial charge in [0.25, 0.3) is 0 Å². The standard InChI is InChI=1S/C10H11N3O2S/c1-7(14)13(2)10-12-8(6-16-10)9(15)4-3-5-11/h6H,3-4H2,1-2H3. The van der Waals surface area contributed by atoms with Gasteiger partial charge in [0.15, 0.2) is 10.9 Å². The fraction of sp³-hybridized carbons (Fsp3) is 0.400. The maximum absolute atomic E-state index is 11.5. The van der Waals surface area contributed by atoms with Crippen LogP contribution in [0.25, 0.3) is 0 Å². The molecule has 0 radical (unpaired) electrons. The average Bonchev–Trinajstić information content (AvgIpc) is 2.73. The number of hydrogen-bond donors (Lipinski definition) is 0. The van der Waals surface area contributed by atoms with Gasteiger partial charge < -0.3 is 0 Å². The summed E-state index contributed by atoms with van der Waals surface area (Å²) in [6.45, 7) is 1.43. The van der Waals surface area contributed by atoms with Crippen molar-refractivity contribution in [1.29, 1.82) is 5.26 Å². The highest BCUT2D eigenvalue weighted by Gasteiger charge is 2.14. The normalized spacial score (nSPS) is 9.56. The van der Waals surface area contributed by atoms with Gasteiger partial charge in [-0.3, -0.25) is 14.5 Å². The number of ketones is 1. The van der Waals surface area contributed by atoms with E-state index >= 15 is 0 Å². The van der Waals surface area contributed by atoms with Crippen LogP contribution in [0, 0.1) is 11.3 Å². The Hall–Kier alpha value is -1.74. The largest absolute Gasteiger partial charge is 0.292 e. The Bertz CT molecular complexity index is 447. The van der Waals surface area contributed by atoms with Crippen molar-refractivity contribution in [3.8, 4) is 6.07 Å². The molecule has 1 rings (SSSR count). The summed E-state index contributed by atoms with van der Waals surface area (Å²) < 4.78 is 0. The summed E-state index contributed by atoms with van der Waals surface area (Å²) in [5.74, 6) is -0.300. The van der Waals surface area contributed by atoms with Gasteiger partial charge in [-0.2, -0.15) is 5.26 Å². The van der Waals surface area contributed by atoms with E-state index in [1.165, 1.54) is 23.2 Å². The molecule has 0 aliphatic rings. The van der Waals surface area contributed by atoms with E-state index in [2.05, 4.69) is 4.98 Å². The fourth-order valence-electron chi connectivity index (χ4n) is 0.979. The van der Waals surface area contributed by atoms with Crippen molar-refractivity contribution in [3.05, 3.63) is 11.1 Å². The molecule has 1 aromatic heterocycles. The summed E-state index contributed by atoms with van der Waals surface area (Å²) in [6, 6.07) is 1.91. The second kappa shape index (κ2) is 5.37. The van der Waals surface area contributed by atoms with Crippen LogP contribution in [0.5, 0.6) is 0 Å². The molecule has 0 aromatic carbocycles. The highest BCUT2D eigenvalue weighted by molar-refractivity contribution is 7.14. The van der Waals surface area contributed by atoms with Crippen molar-refractivity contribution in [2.45, 2.75) is 19.8 Å². The quantitative estimate of drug-likeness (QED) is 0.746. The van der Waals surface area contributed by atoms with E-state index in [1.54, 1.807) is 12.4 Å². The molecule has 0 atom stereocenters. The Labute approximate surface area is 97.3 Å². The molecule has 16 heavy (non-hydrogen) atoms. The first-order valence-corrected chi connectivity index (χ1v) is 5.54. The molecule has 0 bridgehead atoms. The third kappa shape index (κ3) is 2.87. The van der Waals surface area contributed by atoms with Crippen molar-refractivity contribution in [2.75, 3.05) is 11.9 Å². The summed E-state index contributed by atoms with van der Waals surface area (Å²) in [5.41, 5.74) is 0.323.